The van der Waals surface area contributed by atoms with E-state index in [1.807, 2.05) is 6.92 Å². The summed E-state index contributed by atoms with van der Waals surface area (Å²) in [5.74, 6) is 0.562. The predicted octanol–water partition coefficient (Wildman–Crippen LogP) is 11.3. The summed E-state index contributed by atoms with van der Waals surface area (Å²) in [6.07, 6.45) is 16.8. The number of hydrogen-bond donors (Lipinski definition) is 1. The Morgan fingerprint density at radius 2 is 1.47 bits per heavy atom. The molecule has 0 aromatic rings. The molecule has 4 rings (SSSR count). The molecule has 0 aliphatic heterocycles. The van der Waals surface area contributed by atoms with Crippen molar-refractivity contribution in [2.75, 3.05) is 14.2 Å². The molecule has 5 nitrogen and oxygen atoms in total. The second-order valence-corrected chi connectivity index (χ2v) is 29.2. The van der Waals surface area contributed by atoms with Gasteiger partial charge in [-0.1, -0.05) is 85.8 Å². The van der Waals surface area contributed by atoms with E-state index in [4.69, 9.17) is 24.9 Å². The highest BCUT2D eigenvalue weighted by Crippen LogP contribution is 2.60. The lowest BCUT2D eigenvalue weighted by atomic mass is 9.61. The molecule has 4 aliphatic rings. The van der Waals surface area contributed by atoms with Gasteiger partial charge >= 0.3 is 0 Å². The molecule has 0 saturated heterocycles. The van der Waals surface area contributed by atoms with Crippen molar-refractivity contribution in [1.29, 1.82) is 0 Å². The quantitative estimate of drug-likeness (QED) is 0.146. The third-order valence-corrected chi connectivity index (χ3v) is 23.6. The number of methoxy groups -OCH3 is 2. The van der Waals surface area contributed by atoms with E-state index in [1.165, 1.54) is 37.7 Å². The standard InChI is InChI=1S/C42H74O5Si2/c1-29(26-33-23-25-42(44-11,45-12)41(33,10)43)35-21-22-36-31(18-17-24-40(35,36)9)19-20-32-27-34(46-48(13,14)38(3,4)5)28-37(30(32)2)47-49(15,16)39(6,7)8/h19-20,26,29,34-37,43H,2,17-18,21-25,27-28H2,1,3-16H3/b31-19+,32-20-,33-26+/t29?,34-,35-,36?,37+,40-,41?/m1/s1. The summed E-state index contributed by atoms with van der Waals surface area (Å²) in [4.78, 5) is 0. The molecule has 7 heteroatoms. The van der Waals surface area contributed by atoms with Crippen LogP contribution in [0.2, 0.25) is 36.3 Å². The van der Waals surface area contributed by atoms with Crippen LogP contribution in [0.1, 0.15) is 120 Å². The zero-order valence-corrected chi connectivity index (χ0v) is 36.3. The summed E-state index contributed by atoms with van der Waals surface area (Å²) in [5, 5.41) is 11.9. The molecule has 4 saturated carbocycles. The first-order valence-corrected chi connectivity index (χ1v) is 25.2. The maximum atomic E-state index is 11.6. The van der Waals surface area contributed by atoms with Gasteiger partial charge in [0.05, 0.1) is 12.2 Å². The molecule has 49 heavy (non-hydrogen) atoms. The molecule has 7 atom stereocenters. The molecular weight excluding hydrogens is 641 g/mol. The van der Waals surface area contributed by atoms with E-state index < -0.39 is 28.0 Å². The van der Waals surface area contributed by atoms with Gasteiger partial charge in [-0.15, -0.1) is 0 Å². The third-order valence-electron chi connectivity index (χ3n) is 14.6. The maximum Gasteiger partial charge on any atom is 0.200 e. The number of hydrogen-bond acceptors (Lipinski definition) is 5. The van der Waals surface area contributed by atoms with Crippen LogP contribution in [0.25, 0.3) is 0 Å². The predicted molar refractivity (Wildman–Crippen MR) is 211 cm³/mol. The van der Waals surface area contributed by atoms with Crippen molar-refractivity contribution in [1.82, 2.24) is 0 Å². The maximum absolute atomic E-state index is 11.6. The van der Waals surface area contributed by atoms with Gasteiger partial charge in [0.1, 0.15) is 5.60 Å². The Morgan fingerprint density at radius 3 is 2.02 bits per heavy atom. The number of aliphatic hydroxyl groups is 1. The van der Waals surface area contributed by atoms with Gasteiger partial charge in [-0.3, -0.25) is 0 Å². The van der Waals surface area contributed by atoms with Crippen LogP contribution in [0.5, 0.6) is 0 Å². The molecule has 0 aromatic carbocycles. The summed E-state index contributed by atoms with van der Waals surface area (Å²) >= 11 is 0. The first-order valence-electron chi connectivity index (χ1n) is 19.3. The van der Waals surface area contributed by atoms with E-state index in [0.717, 1.165) is 30.4 Å². The fourth-order valence-corrected chi connectivity index (χ4v) is 12.0. The van der Waals surface area contributed by atoms with Gasteiger partial charge in [0.15, 0.2) is 16.6 Å². The third kappa shape index (κ3) is 7.80. The van der Waals surface area contributed by atoms with Crippen molar-refractivity contribution in [3.05, 3.63) is 47.1 Å². The average molecular weight is 715 g/mol. The van der Waals surface area contributed by atoms with Gasteiger partial charge in [0.25, 0.3) is 0 Å². The monoisotopic (exact) mass is 715 g/mol. The Kier molecular flexibility index (Phi) is 11.9. The fourth-order valence-electron chi connectivity index (χ4n) is 9.30. The summed E-state index contributed by atoms with van der Waals surface area (Å²) in [5.41, 5.74) is 4.26. The fraction of sp³-hybridized carbons (Fsp3) is 0.810. The molecule has 4 fully saturated rings. The summed E-state index contributed by atoms with van der Waals surface area (Å²) in [6.45, 7) is 34.9. The van der Waals surface area contributed by atoms with Crippen LogP contribution in [0.15, 0.2) is 47.1 Å². The second kappa shape index (κ2) is 14.2. The van der Waals surface area contributed by atoms with Gasteiger partial charge in [0, 0.05) is 27.1 Å². The lowest BCUT2D eigenvalue weighted by Crippen LogP contribution is -2.51. The topological polar surface area (TPSA) is 57.2 Å². The van der Waals surface area contributed by atoms with Gasteiger partial charge in [-0.2, -0.15) is 0 Å². The largest absolute Gasteiger partial charge is 0.413 e. The highest BCUT2D eigenvalue weighted by atomic mass is 28.4. The molecule has 280 valence electrons. The number of rotatable bonds is 9. The van der Waals surface area contributed by atoms with Crippen molar-refractivity contribution in [2.45, 2.75) is 180 Å². The van der Waals surface area contributed by atoms with Gasteiger partial charge < -0.3 is 23.4 Å². The smallest absolute Gasteiger partial charge is 0.200 e. The highest BCUT2D eigenvalue weighted by Gasteiger charge is 2.56. The lowest BCUT2D eigenvalue weighted by Gasteiger charge is -2.46. The minimum absolute atomic E-state index is 0.00169. The van der Waals surface area contributed by atoms with Crippen LogP contribution in [-0.2, 0) is 18.3 Å². The van der Waals surface area contributed by atoms with Crippen LogP contribution in [-0.4, -0.2) is 59.6 Å². The molecule has 0 heterocycles. The van der Waals surface area contributed by atoms with E-state index >= 15 is 0 Å². The Bertz CT molecular complexity index is 1300. The summed E-state index contributed by atoms with van der Waals surface area (Å²) in [7, 11) is -0.678. The molecular formula is C42H74O5Si2. The Balaban J connectivity index is 1.61. The first kappa shape index (κ1) is 41.0. The average Bonchev–Trinajstić information content (AvgIpc) is 3.45. The van der Waals surface area contributed by atoms with Gasteiger partial charge in [0.2, 0.25) is 5.79 Å². The van der Waals surface area contributed by atoms with Gasteiger partial charge in [-0.05, 0) is 128 Å². The van der Waals surface area contributed by atoms with Crippen molar-refractivity contribution in [2.24, 2.45) is 23.2 Å². The van der Waals surface area contributed by atoms with Crippen molar-refractivity contribution >= 4 is 16.6 Å². The zero-order chi connectivity index (χ0) is 37.0. The first-order chi connectivity index (χ1) is 22.4. The Hall–Kier alpha value is -0.806. The van der Waals surface area contributed by atoms with E-state index in [0.29, 0.717) is 24.2 Å². The Labute approximate surface area is 303 Å². The minimum Gasteiger partial charge on any atom is -0.413 e. The van der Waals surface area contributed by atoms with Crippen LogP contribution in [0, 0.1) is 23.2 Å². The van der Waals surface area contributed by atoms with Crippen LogP contribution >= 0.6 is 0 Å². The van der Waals surface area contributed by atoms with E-state index in [1.54, 1.807) is 19.8 Å². The van der Waals surface area contributed by atoms with E-state index in [2.05, 4.69) is 99.8 Å². The molecule has 4 aliphatic carbocycles. The summed E-state index contributed by atoms with van der Waals surface area (Å²) < 4.78 is 25.7. The SMILES string of the molecule is C=C1/C(=C\C=C2/CCC[C@@]3(C)C2CC[C@@H]3C(C)/C=C2\CCC(OC)(OC)C2(C)O)C[C@@H](O[Si](C)(C)C(C)(C)C)C[C@@H]1O[Si](C)(C)C(C)(C)C. The molecule has 3 unspecified atom stereocenters. The summed E-state index contributed by atoms with van der Waals surface area (Å²) in [6, 6.07) is 0. The lowest BCUT2D eigenvalue weighted by molar-refractivity contribution is -0.273. The van der Waals surface area contributed by atoms with Gasteiger partial charge in [-0.25, -0.2) is 0 Å². The van der Waals surface area contributed by atoms with Crippen LogP contribution < -0.4 is 0 Å². The molecule has 1 N–H and O–H groups in total. The molecule has 0 spiro atoms. The number of allylic oxidation sites excluding steroid dienone is 4. The number of ether oxygens (including phenoxy) is 2. The van der Waals surface area contributed by atoms with Crippen molar-refractivity contribution in [3.8, 4) is 0 Å². The normalized spacial score (nSPS) is 36.2. The zero-order valence-electron chi connectivity index (χ0n) is 34.3. The highest BCUT2D eigenvalue weighted by molar-refractivity contribution is 6.74. The van der Waals surface area contributed by atoms with Crippen molar-refractivity contribution < 1.29 is 23.4 Å². The van der Waals surface area contributed by atoms with Crippen LogP contribution in [0.3, 0.4) is 0 Å². The molecule has 0 radical (unpaired) electrons. The van der Waals surface area contributed by atoms with E-state index in [9.17, 15) is 5.11 Å². The minimum atomic E-state index is -2.01. The van der Waals surface area contributed by atoms with Crippen LogP contribution in [0.4, 0.5) is 0 Å². The van der Waals surface area contributed by atoms with Crippen molar-refractivity contribution in [3.63, 3.8) is 0 Å². The number of fused-ring (bicyclic) bond motifs is 1. The second-order valence-electron chi connectivity index (χ2n) is 19.6. The Morgan fingerprint density at radius 1 is 0.878 bits per heavy atom. The molecule has 0 bridgehead atoms. The van der Waals surface area contributed by atoms with E-state index in [-0.39, 0.29) is 27.7 Å². The molecule has 0 amide bonds. The molecule has 0 aromatic heterocycles.